The summed E-state index contributed by atoms with van der Waals surface area (Å²) in [6.07, 6.45) is -0.242. The van der Waals surface area contributed by atoms with Crippen LogP contribution in [0.4, 0.5) is 5.69 Å². The third-order valence-corrected chi connectivity index (χ3v) is 30.4. The van der Waals surface area contributed by atoms with E-state index in [9.17, 15) is 123 Å². The van der Waals surface area contributed by atoms with Crippen LogP contribution in [0.2, 0.25) is 0 Å². The minimum Gasteiger partial charge on any atom is -0.756 e. The number of nitrogen functional groups attached to an aromatic ring is 1. The summed E-state index contributed by atoms with van der Waals surface area (Å²) in [5.74, 6) is 0.674. The molecular formula is C48H71N13O50P12-12. The highest BCUT2D eigenvalue weighted by Crippen LogP contribution is 2.65. The highest BCUT2D eigenvalue weighted by molar-refractivity contribution is 7.67. The third-order valence-electron chi connectivity index (χ3n) is 15.6. The van der Waals surface area contributed by atoms with Crippen molar-refractivity contribution in [3.63, 3.8) is 0 Å². The van der Waals surface area contributed by atoms with E-state index >= 15 is 0 Å². The summed E-state index contributed by atoms with van der Waals surface area (Å²) in [7, 11) is -64.5. The molecular weight excluding hydrogens is 1930 g/mol. The van der Waals surface area contributed by atoms with E-state index in [1.54, 1.807) is 30.7 Å². The molecule has 6 aliphatic heterocycles. The van der Waals surface area contributed by atoms with Crippen LogP contribution in [0.3, 0.4) is 0 Å². The number of nitrogens with zero attached hydrogens (tertiary/aromatic N) is 9. The van der Waals surface area contributed by atoms with Crippen molar-refractivity contribution < 1.29 is 228 Å². The van der Waals surface area contributed by atoms with Crippen LogP contribution in [-0.2, 0) is 150 Å². The molecule has 1 amide bonds. The minimum atomic E-state index is -6.01. The molecule has 0 aromatic carbocycles. The number of nitrogens with two attached hydrogens (primary N) is 2. The molecule has 10 N–H and O–H groups in total. The number of aromatic nitrogens is 7. The number of carbonyl (C=O) groups excluding carboxylic acids is 1. The molecule has 123 heavy (non-hydrogen) atoms. The number of amides is 1. The molecule has 16 unspecified atom stereocenters. The van der Waals surface area contributed by atoms with E-state index in [0.717, 1.165) is 0 Å². The molecule has 0 bridgehead atoms. The number of H-pyrrole nitrogens is 1. The van der Waals surface area contributed by atoms with Crippen LogP contribution in [0.1, 0.15) is 58.3 Å². The van der Waals surface area contributed by atoms with Gasteiger partial charge in [-0.1, -0.05) is 20.6 Å². The quantitative estimate of drug-likeness (QED) is 0.0197. The molecule has 0 radical (unpaired) electrons. The van der Waals surface area contributed by atoms with Crippen LogP contribution in [0.25, 0.3) is 22.3 Å². The smallest absolute Gasteiger partial charge is 0.280 e. The molecule has 24 atom stereocenters. The fraction of sp³-hybridized carbons (Fsp3) is 0.562. The molecule has 10 heterocycles. The SMILES string of the molecule is C.C=C1N=C(N)C=CN1[C@H]1CC(OC)[C@@H](COP(=O)([O-])OP(=O)([O-])OP(=O)([O-])O)O1.C=C1NC(=O)C(C)=CN1[C@H]1CC(OC)[C@@H](COP(=O)([O-])OP(=O)([O-])OP(=O)([O-])O)O1.COC1C[C@H](n2cnc3c(=O)[nH]c(C)nc32)O[C@@H]1COP(=O)([O-])OP(=O)([O-])OP(=O)([O-])O.COC1C[C@H](n2cnc3c(N)ccnc32)O[C@@H]1COP(=O)([O-])OP(=O)([O-])OP(=O)([O-])O. The number of methoxy groups -OCH3 is 4. The van der Waals surface area contributed by atoms with E-state index in [1.807, 2.05) is 0 Å². The van der Waals surface area contributed by atoms with Gasteiger partial charge in [0.1, 0.15) is 78.1 Å². The fourth-order valence-electron chi connectivity index (χ4n) is 10.9. The van der Waals surface area contributed by atoms with E-state index < -0.39 is 200 Å². The van der Waals surface area contributed by atoms with E-state index in [1.165, 1.54) is 73.9 Å². The number of nitrogens with one attached hydrogen (secondary N) is 2. The van der Waals surface area contributed by atoms with Crippen molar-refractivity contribution in [2.45, 2.75) is 121 Å². The first-order valence-electron chi connectivity index (χ1n) is 32.5. The largest absolute Gasteiger partial charge is 0.756 e. The molecule has 63 nitrogen and oxygen atoms in total. The van der Waals surface area contributed by atoms with Crippen molar-refractivity contribution in [1.82, 2.24) is 49.2 Å². The lowest BCUT2D eigenvalue weighted by molar-refractivity contribution is -0.254. The van der Waals surface area contributed by atoms with Crippen molar-refractivity contribution in [3.8, 4) is 0 Å². The molecule has 75 heteroatoms. The number of amidine groups is 1. The number of hydrogen-bond donors (Lipinski definition) is 8. The highest BCUT2D eigenvalue weighted by atomic mass is 31.3. The maximum absolute atomic E-state index is 12.0. The maximum atomic E-state index is 12.0. The molecule has 4 fully saturated rings. The molecule has 0 saturated carbocycles. The van der Waals surface area contributed by atoms with Crippen LogP contribution >= 0.6 is 93.9 Å². The molecule has 6 aliphatic rings. The number of fused-ring (bicyclic) bond motifs is 2. The lowest BCUT2D eigenvalue weighted by atomic mass is 10.1. The standard InChI is InChI=1S/C12H19N4O13P3.C12H19N4O12P3.C12H21N2O13P3.C11H20N3O12P3.CH4/c1-6-14-11-10(12(17)15-6)13-5-16(11)9-3-7(25-2)8(27-9)4-26-31(21,22)29-32(23,24)28-30(18,19)20;1-24-8-4-10(16-6-15-11-7(13)2-3-14-12(11)16)26-9(8)5-25-30(20,21)28-31(22,23)27-29(17,18)19;1-7-5-14(8(2)13-12(7)15)11-4-9(23-3)10(25-11)6-24-29(19,20)27-30(21,22)26-28(16,17)18;1-7-13-10(12)3-4-14(7)11-5-8(22-2)9(24-11)6-23-28(18,19)26-29(20,21)25-27(15,16)17;/h5,7-9H,3-4H2,1-2H3,(H,21,22)(H,23,24)(H,14,15,17)(H2,18,19,20);2-3,6,8-10H,4-5H2,1H3,(H2,13,14)(H,20,21)(H,22,23)(H2,17,18,19);5,9-11H,2,4,6H2,1,3H3,(H,13,15)(H,19,20)(H,21,22)(H2,16,17,18);3-4,8-9,11H,1,5-6H2,2H3,(H2,12,13)(H,18,19)(H,20,21)(H2,15,16,17);1H4/p-12/t7?,8-,9-;8?,9-,10-;9?,10-,11-;8?,9-,11-;/m1111./s1. The van der Waals surface area contributed by atoms with Gasteiger partial charge in [-0.25, -0.2) is 59.4 Å². The number of imidazole rings is 2. The van der Waals surface area contributed by atoms with Gasteiger partial charge in [0.15, 0.2) is 16.8 Å². The molecule has 4 aromatic rings. The first-order valence-corrected chi connectivity index (χ1v) is 50.1. The summed E-state index contributed by atoms with van der Waals surface area (Å²) < 4.78 is 225. The Hall–Kier alpha value is -4.41. The Morgan fingerprint density at radius 2 is 0.821 bits per heavy atom. The Kier molecular flexibility index (Phi) is 37.2. The summed E-state index contributed by atoms with van der Waals surface area (Å²) in [5.41, 5.74) is 12.8. The normalized spacial score (nSPS) is 28.8. The summed E-state index contributed by atoms with van der Waals surface area (Å²) in [6.45, 7) is 7.49. The van der Waals surface area contributed by atoms with Crippen LogP contribution in [0, 0.1) is 6.92 Å². The number of rotatable bonds is 36. The van der Waals surface area contributed by atoms with Gasteiger partial charge < -0.3 is 166 Å². The van der Waals surface area contributed by atoms with Crippen molar-refractivity contribution in [2.24, 2.45) is 10.7 Å². The second-order valence-electron chi connectivity index (χ2n) is 24.3. The number of anilines is 1. The van der Waals surface area contributed by atoms with Gasteiger partial charge in [-0.3, -0.25) is 73.5 Å². The average Bonchev–Trinajstić information content (AvgIpc) is 1.64. The zero-order chi connectivity index (χ0) is 91.9. The Morgan fingerprint density at radius 3 is 1.17 bits per heavy atom. The topological polar surface area (TPSA) is 941 Å². The predicted molar refractivity (Wildman–Crippen MR) is 376 cm³/mol. The van der Waals surface area contributed by atoms with Crippen molar-refractivity contribution >= 4 is 134 Å². The summed E-state index contributed by atoms with van der Waals surface area (Å²) >= 11 is 0. The van der Waals surface area contributed by atoms with Gasteiger partial charge in [-0.15, -0.1) is 0 Å². The van der Waals surface area contributed by atoms with Gasteiger partial charge in [0.25, 0.3) is 105 Å². The highest BCUT2D eigenvalue weighted by Gasteiger charge is 2.45. The van der Waals surface area contributed by atoms with Gasteiger partial charge in [-0.05, 0) is 26.0 Å². The molecule has 4 aromatic heterocycles. The third kappa shape index (κ3) is 33.5. The monoisotopic (exact) mass is 2000 g/mol. The molecule has 0 aliphatic carbocycles. The Labute approximate surface area is 690 Å². The van der Waals surface area contributed by atoms with Crippen LogP contribution in [-0.4, -0.2) is 191 Å². The Balaban J connectivity index is 0.000000253. The molecule has 0 spiro atoms. The van der Waals surface area contributed by atoms with Crippen molar-refractivity contribution in [1.29, 1.82) is 0 Å². The average molecular weight is 2000 g/mol. The van der Waals surface area contributed by atoms with E-state index in [2.05, 4.69) is 101 Å². The Morgan fingerprint density at radius 1 is 0.488 bits per heavy atom. The van der Waals surface area contributed by atoms with Crippen molar-refractivity contribution in [2.75, 3.05) is 60.6 Å². The van der Waals surface area contributed by atoms with Gasteiger partial charge in [0, 0.05) is 78.3 Å². The number of aromatic amines is 1. The first-order chi connectivity index (χ1) is 55.8. The maximum Gasteiger partial charge on any atom is 0.280 e. The second kappa shape index (κ2) is 42.7. The number of phosphoric ester groups is 4. The molecule has 10 rings (SSSR count). The summed E-state index contributed by atoms with van der Waals surface area (Å²) in [5, 5.41) is 2.51. The van der Waals surface area contributed by atoms with Gasteiger partial charge in [0.2, 0.25) is 0 Å². The van der Waals surface area contributed by atoms with Crippen LogP contribution < -0.4 is 81.1 Å². The lowest BCUT2D eigenvalue weighted by Gasteiger charge is -2.33. The van der Waals surface area contributed by atoms with Gasteiger partial charge in [-0.2, -0.15) is 0 Å². The fourth-order valence-corrected chi connectivity index (χ4v) is 22.5. The number of pyridine rings is 1. The van der Waals surface area contributed by atoms with E-state index in [-0.39, 0.29) is 67.7 Å². The zero-order valence-electron chi connectivity index (χ0n) is 62.2. The lowest BCUT2D eigenvalue weighted by Crippen LogP contribution is -2.42. The molecule has 700 valence electrons. The zero-order valence-corrected chi connectivity index (χ0v) is 72.9. The molecule has 4 saturated heterocycles. The number of phosphoric acid groups is 12. The van der Waals surface area contributed by atoms with Crippen molar-refractivity contribution in [3.05, 3.63) is 89.9 Å². The van der Waals surface area contributed by atoms with Crippen LogP contribution in [0.5, 0.6) is 0 Å². The van der Waals surface area contributed by atoms with E-state index in [4.69, 9.17) is 68.9 Å². The number of aliphatic imine (C=N–C) groups is 1. The van der Waals surface area contributed by atoms with Gasteiger partial charge in [0.05, 0.1) is 69.2 Å². The predicted octanol–water partition coefficient (Wildman–Crippen LogP) is -5.83. The van der Waals surface area contributed by atoms with Gasteiger partial charge >= 0.3 is 0 Å². The Bertz CT molecular complexity index is 5240. The number of ether oxygens (including phenoxy) is 8. The number of hydrogen-bond acceptors (Lipinski definition) is 55. The minimum absolute atomic E-state index is 0. The summed E-state index contributed by atoms with van der Waals surface area (Å²) in [4.78, 5) is 217. The summed E-state index contributed by atoms with van der Waals surface area (Å²) in [6, 6.07) is 1.57. The first kappa shape index (κ1) is 107. The van der Waals surface area contributed by atoms with E-state index in [0.29, 0.717) is 28.2 Å². The van der Waals surface area contributed by atoms with Crippen LogP contribution in [0.15, 0.2) is 83.6 Å². The second-order valence-corrected chi connectivity index (χ2v) is 41.5. The number of aryl methyl sites for hydroxylation is 1. The number of carbonyl (C=O) groups is 1.